The van der Waals surface area contributed by atoms with Gasteiger partial charge in [-0.1, -0.05) is 50.7 Å². The van der Waals surface area contributed by atoms with Crippen LogP contribution < -0.4 is 0 Å². The average molecular weight is 220 g/mol. The van der Waals surface area contributed by atoms with Crippen LogP contribution in [0.4, 0.5) is 0 Å². The van der Waals surface area contributed by atoms with E-state index in [0.29, 0.717) is 5.54 Å². The highest BCUT2D eigenvalue weighted by atomic mass is 28.3. The molecule has 1 unspecified atom stereocenters. The van der Waals surface area contributed by atoms with Crippen LogP contribution in [0.5, 0.6) is 0 Å². The molecule has 1 atom stereocenters. The lowest BCUT2D eigenvalue weighted by molar-refractivity contribution is 0.870. The van der Waals surface area contributed by atoms with Gasteiger partial charge in [0.2, 0.25) is 0 Å². The fraction of sp³-hybridized carbons (Fsp3) is 0.429. The molecule has 0 aromatic carbocycles. The predicted octanol–water partition coefficient (Wildman–Crippen LogP) is 4.96. The molecule has 0 nitrogen and oxygen atoms in total. The van der Waals surface area contributed by atoms with Crippen LogP contribution in [0, 0.1) is 0 Å². The summed E-state index contributed by atoms with van der Waals surface area (Å²) >= 11 is 0. The molecule has 0 aliphatic carbocycles. The lowest BCUT2D eigenvalue weighted by atomic mass is 10.2. The summed E-state index contributed by atoms with van der Waals surface area (Å²) in [5.41, 5.74) is 0.406. The first-order valence-electron chi connectivity index (χ1n) is 5.48. The maximum absolute atomic E-state index is 3.96. The Balaban J connectivity index is 5.49. The Bertz CT molecular complexity index is 249. The normalized spacial score (nSPS) is 15.5. The molecule has 0 aromatic heterocycles. The number of hydrogen-bond acceptors (Lipinski definition) is 0. The van der Waals surface area contributed by atoms with Gasteiger partial charge in [-0.2, -0.15) is 0 Å². The van der Waals surface area contributed by atoms with E-state index in [1.807, 2.05) is 24.3 Å². The van der Waals surface area contributed by atoms with Crippen LogP contribution in [0.25, 0.3) is 0 Å². The molecule has 0 saturated heterocycles. The first-order chi connectivity index (χ1) is 6.95. The van der Waals surface area contributed by atoms with Crippen LogP contribution >= 0.6 is 0 Å². The molecule has 0 N–H and O–H groups in total. The third-order valence-electron chi connectivity index (χ3n) is 4.06. The maximum Gasteiger partial charge on any atom is 0.0759 e. The zero-order valence-corrected chi connectivity index (χ0v) is 11.4. The molecular formula is C14H24Si. The van der Waals surface area contributed by atoms with E-state index in [2.05, 4.69) is 46.7 Å². The van der Waals surface area contributed by atoms with Crippen LogP contribution in [0.15, 0.2) is 50.6 Å². The summed E-state index contributed by atoms with van der Waals surface area (Å²) in [4.78, 5) is 0. The zero-order valence-electron chi connectivity index (χ0n) is 10.4. The first-order valence-corrected chi connectivity index (χ1v) is 8.26. The second-order valence-electron chi connectivity index (χ2n) is 4.46. The summed E-state index contributed by atoms with van der Waals surface area (Å²) in [6.45, 7) is 22.6. The topological polar surface area (TPSA) is 0 Å². The smallest absolute Gasteiger partial charge is 0.0759 e. The Morgan fingerprint density at radius 2 is 1.53 bits per heavy atom. The Kier molecular flexibility index (Phi) is 5.02. The number of hydrogen-bond donors (Lipinski definition) is 0. The van der Waals surface area contributed by atoms with Crippen molar-refractivity contribution in [2.45, 2.75) is 37.0 Å². The fourth-order valence-electron chi connectivity index (χ4n) is 2.14. The molecule has 0 rings (SSSR count). The molecule has 0 aliphatic rings. The van der Waals surface area contributed by atoms with Crippen molar-refractivity contribution in [3.63, 3.8) is 0 Å². The maximum atomic E-state index is 3.96. The molecule has 0 aliphatic heterocycles. The predicted molar refractivity (Wildman–Crippen MR) is 75.0 cm³/mol. The van der Waals surface area contributed by atoms with E-state index in [-0.39, 0.29) is 5.04 Å². The first kappa shape index (κ1) is 14.2. The third kappa shape index (κ3) is 2.23. The van der Waals surface area contributed by atoms with Gasteiger partial charge in [0.05, 0.1) is 8.07 Å². The second kappa shape index (κ2) is 5.31. The Morgan fingerprint density at radius 3 is 1.73 bits per heavy atom. The van der Waals surface area contributed by atoms with Gasteiger partial charge in [0, 0.05) is 0 Å². The van der Waals surface area contributed by atoms with E-state index >= 15 is 0 Å². The summed E-state index contributed by atoms with van der Waals surface area (Å²) in [5, 5.41) is 0.0365. The van der Waals surface area contributed by atoms with Crippen LogP contribution in [0.2, 0.25) is 23.2 Å². The lowest BCUT2D eigenvalue weighted by Gasteiger charge is -2.44. The molecule has 0 radical (unpaired) electrons. The molecule has 0 spiro atoms. The van der Waals surface area contributed by atoms with Crippen molar-refractivity contribution in [1.82, 2.24) is 0 Å². The van der Waals surface area contributed by atoms with Crippen molar-refractivity contribution < 1.29 is 0 Å². The third-order valence-corrected chi connectivity index (χ3v) is 10.3. The van der Waals surface area contributed by atoms with E-state index in [1.165, 1.54) is 6.04 Å². The van der Waals surface area contributed by atoms with Crippen molar-refractivity contribution in [2.75, 3.05) is 0 Å². The van der Waals surface area contributed by atoms with E-state index < -0.39 is 8.07 Å². The molecule has 0 heterocycles. The Hall–Kier alpha value is -0.823. The molecular weight excluding hydrogens is 196 g/mol. The summed E-state index contributed by atoms with van der Waals surface area (Å²) in [7, 11) is -1.58. The van der Waals surface area contributed by atoms with Gasteiger partial charge in [-0.25, -0.2) is 0 Å². The monoisotopic (exact) mass is 220 g/mol. The van der Waals surface area contributed by atoms with Crippen LogP contribution in [-0.2, 0) is 0 Å². The van der Waals surface area contributed by atoms with Gasteiger partial charge >= 0.3 is 0 Å². The van der Waals surface area contributed by atoms with Crippen LogP contribution in [-0.4, -0.2) is 8.07 Å². The quantitative estimate of drug-likeness (QED) is 0.420. The standard InChI is InChI=1S/C14H24Si/c1-8-13(9-2)15(7,12-5)14(6,10-3)11-4/h8-11,13H,1-4,12H2,5-7H3. The zero-order chi connectivity index (χ0) is 12.1. The minimum atomic E-state index is -1.58. The molecule has 0 bridgehead atoms. The fourth-order valence-corrected chi connectivity index (χ4v) is 6.07. The summed E-state index contributed by atoms with van der Waals surface area (Å²) in [6, 6.07) is 1.17. The van der Waals surface area contributed by atoms with Gasteiger partial charge in [0.1, 0.15) is 0 Å². The highest BCUT2D eigenvalue weighted by molar-refractivity contribution is 6.84. The van der Waals surface area contributed by atoms with Gasteiger partial charge in [-0.3, -0.25) is 0 Å². The Labute approximate surface area is 96.1 Å². The van der Waals surface area contributed by atoms with Gasteiger partial charge in [-0.15, -0.1) is 26.3 Å². The molecule has 15 heavy (non-hydrogen) atoms. The minimum absolute atomic E-state index is 0.0365. The van der Waals surface area contributed by atoms with Crippen molar-refractivity contribution >= 4 is 8.07 Å². The van der Waals surface area contributed by atoms with E-state index in [4.69, 9.17) is 0 Å². The number of allylic oxidation sites excluding steroid dienone is 4. The SMILES string of the molecule is C=CC(C=C)[Si](C)(CC)C(C)(C=C)C=C. The van der Waals surface area contributed by atoms with E-state index in [0.717, 1.165) is 0 Å². The van der Waals surface area contributed by atoms with Crippen molar-refractivity contribution in [3.05, 3.63) is 50.6 Å². The van der Waals surface area contributed by atoms with Crippen LogP contribution in [0.1, 0.15) is 13.8 Å². The van der Waals surface area contributed by atoms with Crippen molar-refractivity contribution in [3.8, 4) is 0 Å². The molecule has 0 saturated carbocycles. The molecule has 0 aromatic rings. The molecule has 84 valence electrons. The molecule has 0 amide bonds. The van der Waals surface area contributed by atoms with Crippen molar-refractivity contribution in [1.29, 1.82) is 0 Å². The summed E-state index contributed by atoms with van der Waals surface area (Å²) in [5.74, 6) is 0. The van der Waals surface area contributed by atoms with Gasteiger partial charge < -0.3 is 0 Å². The average Bonchev–Trinajstić information content (AvgIpc) is 2.28. The summed E-state index contributed by atoms with van der Waals surface area (Å²) in [6.07, 6.45) is 8.12. The second-order valence-corrected chi connectivity index (χ2v) is 9.75. The lowest BCUT2D eigenvalue weighted by Crippen LogP contribution is -2.44. The minimum Gasteiger partial charge on any atom is -0.103 e. The van der Waals surface area contributed by atoms with Gasteiger partial charge in [0.25, 0.3) is 0 Å². The largest absolute Gasteiger partial charge is 0.103 e. The summed E-state index contributed by atoms with van der Waals surface area (Å²) < 4.78 is 0. The van der Waals surface area contributed by atoms with Gasteiger partial charge in [0.15, 0.2) is 0 Å². The van der Waals surface area contributed by atoms with Gasteiger partial charge in [-0.05, 0) is 10.6 Å². The number of rotatable bonds is 7. The highest BCUT2D eigenvalue weighted by Gasteiger charge is 2.44. The van der Waals surface area contributed by atoms with E-state index in [1.54, 1.807) is 0 Å². The highest BCUT2D eigenvalue weighted by Crippen LogP contribution is 2.49. The molecule has 0 fully saturated rings. The van der Waals surface area contributed by atoms with Crippen LogP contribution in [0.3, 0.4) is 0 Å². The van der Waals surface area contributed by atoms with Crippen molar-refractivity contribution in [2.24, 2.45) is 0 Å². The molecule has 1 heteroatoms. The Morgan fingerprint density at radius 1 is 1.13 bits per heavy atom. The van der Waals surface area contributed by atoms with E-state index in [9.17, 15) is 0 Å².